The molecule has 2 heterocycles. The van der Waals surface area contributed by atoms with Crippen LogP contribution in [0.25, 0.3) is 5.57 Å². The number of aromatic nitrogens is 1. The molecule has 0 spiro atoms. The van der Waals surface area contributed by atoms with E-state index in [0.29, 0.717) is 12.3 Å². The lowest BCUT2D eigenvalue weighted by molar-refractivity contribution is -0.116. The van der Waals surface area contributed by atoms with Crippen molar-refractivity contribution in [3.63, 3.8) is 0 Å². The van der Waals surface area contributed by atoms with Gasteiger partial charge in [0.1, 0.15) is 11.9 Å². The van der Waals surface area contributed by atoms with E-state index in [2.05, 4.69) is 30.1 Å². The molecular weight excluding hydrogens is 310 g/mol. The van der Waals surface area contributed by atoms with Crippen molar-refractivity contribution in [2.24, 2.45) is 11.3 Å². The number of fused-ring (bicyclic) bond motifs is 3. The number of ketones is 1. The van der Waals surface area contributed by atoms with Gasteiger partial charge in [-0.15, -0.1) is 0 Å². The molecule has 3 aliphatic carbocycles. The number of pyridine rings is 1. The Hall–Kier alpha value is -2.16. The second kappa shape index (κ2) is 5.42. The van der Waals surface area contributed by atoms with Crippen LogP contribution in [0.3, 0.4) is 0 Å². The maximum Gasteiger partial charge on any atom is 0.166 e. The number of Topliss-reactive ketones (excluding diaryl/α,β-unsaturated/α-hetero) is 1. The second-order valence-electron chi connectivity index (χ2n) is 7.99. The van der Waals surface area contributed by atoms with Crippen LogP contribution in [0.15, 0.2) is 53.6 Å². The Morgan fingerprint density at radius 1 is 1.28 bits per heavy atom. The van der Waals surface area contributed by atoms with E-state index in [9.17, 15) is 4.79 Å². The van der Waals surface area contributed by atoms with Gasteiger partial charge >= 0.3 is 0 Å². The molecule has 5 rings (SSSR count). The lowest BCUT2D eigenvalue weighted by Crippen LogP contribution is -2.42. The molecule has 4 aliphatic rings. The Morgan fingerprint density at radius 2 is 2.20 bits per heavy atom. The molecule has 3 heteroatoms. The van der Waals surface area contributed by atoms with Gasteiger partial charge < -0.3 is 4.74 Å². The van der Waals surface area contributed by atoms with Crippen molar-refractivity contribution in [1.29, 1.82) is 0 Å². The van der Waals surface area contributed by atoms with Crippen LogP contribution in [0.1, 0.15) is 51.0 Å². The third-order valence-electron chi connectivity index (χ3n) is 6.65. The van der Waals surface area contributed by atoms with Gasteiger partial charge in [-0.05, 0) is 54.5 Å². The average molecular weight is 333 g/mol. The minimum Gasteiger partial charge on any atom is -0.489 e. The highest BCUT2D eigenvalue weighted by Gasteiger charge is 2.51. The quantitative estimate of drug-likeness (QED) is 0.753. The average Bonchev–Trinajstić information content (AvgIpc) is 2.99. The molecule has 0 radical (unpaired) electrons. The van der Waals surface area contributed by atoms with E-state index in [1.807, 2.05) is 18.5 Å². The standard InChI is InChI=1S/C22H23NO2/c1-22-10-9-14-12-16-19(24)5-2-6-20(16)25-21(14)18(22)8-7-17(22)15-4-3-11-23-13-15/h3-4,7,11-13,18,21H,2,5-6,8-10H2,1H3/t18-,21+,22+/m0/s1. The first-order valence-electron chi connectivity index (χ1n) is 9.41. The molecule has 0 amide bonds. The number of allylic oxidation sites excluding steroid dienone is 5. The maximum atomic E-state index is 12.2. The molecule has 0 aromatic carbocycles. The molecule has 0 unspecified atom stereocenters. The van der Waals surface area contributed by atoms with E-state index >= 15 is 0 Å². The molecule has 1 aromatic heterocycles. The van der Waals surface area contributed by atoms with Crippen molar-refractivity contribution < 1.29 is 9.53 Å². The Labute approximate surface area is 148 Å². The molecule has 0 bridgehead atoms. The number of hydrogen-bond donors (Lipinski definition) is 0. The van der Waals surface area contributed by atoms with Gasteiger partial charge in [0.15, 0.2) is 5.78 Å². The molecular formula is C22H23NO2. The monoisotopic (exact) mass is 333 g/mol. The predicted octanol–water partition coefficient (Wildman–Crippen LogP) is 4.62. The highest BCUT2D eigenvalue weighted by atomic mass is 16.5. The number of nitrogens with zero attached hydrogens (tertiary/aromatic N) is 1. The highest BCUT2D eigenvalue weighted by Crippen LogP contribution is 2.58. The van der Waals surface area contributed by atoms with Gasteiger partial charge in [0, 0.05) is 36.6 Å². The number of hydrogen-bond acceptors (Lipinski definition) is 3. The first kappa shape index (κ1) is 15.1. The number of ether oxygens (including phenoxy) is 1. The number of rotatable bonds is 1. The molecule has 0 N–H and O–H groups in total. The van der Waals surface area contributed by atoms with Crippen molar-refractivity contribution in [1.82, 2.24) is 4.98 Å². The van der Waals surface area contributed by atoms with E-state index in [1.54, 1.807) is 0 Å². The summed E-state index contributed by atoms with van der Waals surface area (Å²) in [5, 5.41) is 0. The van der Waals surface area contributed by atoms with E-state index in [-0.39, 0.29) is 17.3 Å². The van der Waals surface area contributed by atoms with Crippen molar-refractivity contribution in [2.75, 3.05) is 0 Å². The van der Waals surface area contributed by atoms with Crippen molar-refractivity contribution in [2.45, 2.75) is 51.6 Å². The summed E-state index contributed by atoms with van der Waals surface area (Å²) in [6.45, 7) is 2.39. The third-order valence-corrected chi connectivity index (χ3v) is 6.65. The summed E-state index contributed by atoms with van der Waals surface area (Å²) in [7, 11) is 0. The van der Waals surface area contributed by atoms with Crippen LogP contribution in [-0.2, 0) is 9.53 Å². The van der Waals surface area contributed by atoms with Crippen LogP contribution in [0.2, 0.25) is 0 Å². The van der Waals surface area contributed by atoms with Crippen molar-refractivity contribution in [3.8, 4) is 0 Å². The molecule has 128 valence electrons. The fourth-order valence-electron chi connectivity index (χ4n) is 5.26. The zero-order valence-corrected chi connectivity index (χ0v) is 14.6. The molecule has 1 fully saturated rings. The SMILES string of the molecule is C[C@]12CCC3=CC4=C(CCCC4=O)O[C@H]3[C@@H]1CC=C2c1cccnc1. The van der Waals surface area contributed by atoms with Crippen LogP contribution in [0.4, 0.5) is 0 Å². The smallest absolute Gasteiger partial charge is 0.166 e. The topological polar surface area (TPSA) is 39.2 Å². The summed E-state index contributed by atoms with van der Waals surface area (Å²) in [4.78, 5) is 16.5. The van der Waals surface area contributed by atoms with Gasteiger partial charge in [-0.2, -0.15) is 0 Å². The zero-order chi connectivity index (χ0) is 17.0. The van der Waals surface area contributed by atoms with Crippen LogP contribution in [0, 0.1) is 11.3 Å². The van der Waals surface area contributed by atoms with Gasteiger partial charge in [-0.25, -0.2) is 0 Å². The summed E-state index contributed by atoms with van der Waals surface area (Å²) in [6.07, 6.45) is 14.2. The van der Waals surface area contributed by atoms with Gasteiger partial charge in [0.05, 0.1) is 5.57 Å². The van der Waals surface area contributed by atoms with E-state index < -0.39 is 0 Å². The molecule has 1 aromatic rings. The maximum absolute atomic E-state index is 12.2. The first-order chi connectivity index (χ1) is 12.2. The normalized spacial score (nSPS) is 33.7. The fourth-order valence-corrected chi connectivity index (χ4v) is 5.26. The van der Waals surface area contributed by atoms with Crippen molar-refractivity contribution in [3.05, 3.63) is 59.1 Å². The third kappa shape index (κ3) is 2.18. The summed E-state index contributed by atoms with van der Waals surface area (Å²) in [5.41, 5.74) is 4.98. The lowest BCUT2D eigenvalue weighted by Gasteiger charge is -2.47. The largest absolute Gasteiger partial charge is 0.489 e. The summed E-state index contributed by atoms with van der Waals surface area (Å²) in [5.74, 6) is 1.67. The van der Waals surface area contributed by atoms with Gasteiger partial charge in [0.25, 0.3) is 0 Å². The van der Waals surface area contributed by atoms with E-state index in [1.165, 1.54) is 16.7 Å². The van der Waals surface area contributed by atoms with Gasteiger partial charge in [-0.1, -0.05) is 19.1 Å². The Bertz CT molecular complexity index is 833. The molecule has 1 saturated carbocycles. The minimum atomic E-state index is 0.127. The summed E-state index contributed by atoms with van der Waals surface area (Å²) < 4.78 is 6.47. The van der Waals surface area contributed by atoms with Crippen molar-refractivity contribution >= 4 is 11.4 Å². The van der Waals surface area contributed by atoms with Gasteiger partial charge in [0.2, 0.25) is 0 Å². The highest BCUT2D eigenvalue weighted by molar-refractivity contribution is 5.99. The Kier molecular flexibility index (Phi) is 3.28. The lowest BCUT2D eigenvalue weighted by atomic mass is 9.62. The Morgan fingerprint density at radius 3 is 3.04 bits per heavy atom. The van der Waals surface area contributed by atoms with Gasteiger partial charge in [-0.3, -0.25) is 9.78 Å². The van der Waals surface area contributed by atoms with Crippen LogP contribution in [-0.4, -0.2) is 16.9 Å². The minimum absolute atomic E-state index is 0.127. The Balaban J connectivity index is 1.49. The molecule has 0 saturated heterocycles. The molecule has 3 nitrogen and oxygen atoms in total. The number of carbonyl (C=O) groups is 1. The first-order valence-corrected chi connectivity index (χ1v) is 9.41. The van der Waals surface area contributed by atoms with E-state index in [0.717, 1.165) is 43.4 Å². The second-order valence-corrected chi connectivity index (χ2v) is 7.99. The fraction of sp³-hybridized carbons (Fsp3) is 0.455. The predicted molar refractivity (Wildman–Crippen MR) is 96.5 cm³/mol. The van der Waals surface area contributed by atoms with Crippen LogP contribution >= 0.6 is 0 Å². The molecule has 1 aliphatic heterocycles. The molecule has 3 atom stereocenters. The number of carbonyl (C=O) groups excluding carboxylic acids is 1. The summed E-state index contributed by atoms with van der Waals surface area (Å²) >= 11 is 0. The van der Waals surface area contributed by atoms with Crippen LogP contribution < -0.4 is 0 Å². The van der Waals surface area contributed by atoms with E-state index in [4.69, 9.17) is 4.74 Å². The zero-order valence-electron chi connectivity index (χ0n) is 14.6. The summed E-state index contributed by atoms with van der Waals surface area (Å²) in [6, 6.07) is 4.18. The molecule has 25 heavy (non-hydrogen) atoms. The van der Waals surface area contributed by atoms with Crippen LogP contribution in [0.5, 0.6) is 0 Å².